The number of hydrogen-bond acceptors (Lipinski definition) is 4. The first-order valence-electron chi connectivity index (χ1n) is 9.83. The van der Waals surface area contributed by atoms with Crippen molar-refractivity contribution in [1.29, 1.82) is 0 Å². The van der Waals surface area contributed by atoms with E-state index in [0.717, 1.165) is 5.56 Å². The van der Waals surface area contributed by atoms with Crippen LogP contribution in [0.15, 0.2) is 77.8 Å². The number of carbonyl (C=O) groups excluding carboxylic acids is 2. The van der Waals surface area contributed by atoms with Crippen LogP contribution in [0.1, 0.15) is 32.0 Å². The van der Waals surface area contributed by atoms with Gasteiger partial charge in [-0.3, -0.25) is 14.6 Å². The zero-order valence-electron chi connectivity index (χ0n) is 16.5. The Morgan fingerprint density at radius 1 is 0.969 bits per heavy atom. The summed E-state index contributed by atoms with van der Waals surface area (Å²) in [6.07, 6.45) is 1.54. The number of benzene rings is 2. The van der Waals surface area contributed by atoms with Crippen molar-refractivity contribution in [2.45, 2.75) is 16.1 Å². The molecule has 2 aromatic carbocycles. The van der Waals surface area contributed by atoms with Crippen LogP contribution < -0.4 is 0 Å². The number of hydrogen-bond donors (Lipinski definition) is 0. The summed E-state index contributed by atoms with van der Waals surface area (Å²) in [6, 6.07) is 18.1. The van der Waals surface area contributed by atoms with Crippen LogP contribution >= 0.6 is 11.8 Å². The van der Waals surface area contributed by atoms with Gasteiger partial charge in [-0.1, -0.05) is 36.4 Å². The van der Waals surface area contributed by atoms with Crippen LogP contribution in [-0.4, -0.2) is 45.2 Å². The van der Waals surface area contributed by atoms with Crippen LogP contribution in [0.2, 0.25) is 0 Å². The van der Waals surface area contributed by atoms with Crippen molar-refractivity contribution in [3.63, 3.8) is 0 Å². The van der Waals surface area contributed by atoms with E-state index < -0.39 is 11.2 Å². The van der Waals surface area contributed by atoms with Crippen molar-refractivity contribution in [1.82, 2.24) is 14.8 Å². The second kappa shape index (κ2) is 7.37. The number of amides is 2. The van der Waals surface area contributed by atoms with Gasteiger partial charge in [0.25, 0.3) is 11.8 Å². The molecule has 0 N–H and O–H groups in total. The molecule has 3 aromatic rings. The van der Waals surface area contributed by atoms with Gasteiger partial charge in [0, 0.05) is 40.9 Å². The minimum absolute atomic E-state index is 0.000427. The molecule has 0 bridgehead atoms. The van der Waals surface area contributed by atoms with Crippen LogP contribution in [0.25, 0.3) is 0 Å². The molecule has 1 atom stereocenters. The molecule has 0 spiro atoms. The van der Waals surface area contributed by atoms with Crippen LogP contribution in [0.4, 0.5) is 13.2 Å². The third-order valence-corrected chi connectivity index (χ3v) is 6.46. The van der Waals surface area contributed by atoms with E-state index in [-0.39, 0.29) is 40.6 Å². The Morgan fingerprint density at radius 2 is 1.69 bits per heavy atom. The highest BCUT2D eigenvalue weighted by atomic mass is 32.2. The number of nitrogens with zero attached hydrogens (tertiary/aromatic N) is 3. The SMILES string of the molecule is O=C(c1ccc(SC(F)(F)F)cc1)N1CCN2C(=O)c3ncccc3C12c1ccccc1. The third-order valence-electron chi connectivity index (χ3n) is 5.72. The molecule has 32 heavy (non-hydrogen) atoms. The average molecular weight is 455 g/mol. The van der Waals surface area contributed by atoms with Gasteiger partial charge < -0.3 is 9.80 Å². The van der Waals surface area contributed by atoms with Gasteiger partial charge in [0.1, 0.15) is 5.69 Å². The Morgan fingerprint density at radius 3 is 2.38 bits per heavy atom. The van der Waals surface area contributed by atoms with Gasteiger partial charge in [-0.2, -0.15) is 13.2 Å². The van der Waals surface area contributed by atoms with Crippen molar-refractivity contribution in [3.05, 3.63) is 95.3 Å². The van der Waals surface area contributed by atoms with Gasteiger partial charge in [0.15, 0.2) is 5.66 Å². The normalized spacial score (nSPS) is 19.8. The molecule has 1 fully saturated rings. The quantitative estimate of drug-likeness (QED) is 0.546. The fourth-order valence-corrected chi connectivity index (χ4v) is 5.07. The summed E-state index contributed by atoms with van der Waals surface area (Å²) in [7, 11) is 0. The van der Waals surface area contributed by atoms with Gasteiger partial charge in [-0.15, -0.1) is 0 Å². The second-order valence-electron chi connectivity index (χ2n) is 7.42. The van der Waals surface area contributed by atoms with E-state index in [2.05, 4.69) is 4.98 Å². The Hall–Kier alpha value is -3.33. The van der Waals surface area contributed by atoms with Crippen molar-refractivity contribution in [2.24, 2.45) is 0 Å². The summed E-state index contributed by atoms with van der Waals surface area (Å²) in [5, 5.41) is 0. The summed E-state index contributed by atoms with van der Waals surface area (Å²) in [6.45, 7) is 0.602. The smallest absolute Gasteiger partial charge is 0.306 e. The number of aromatic nitrogens is 1. The Balaban J connectivity index is 1.60. The first-order valence-corrected chi connectivity index (χ1v) is 10.6. The van der Waals surface area contributed by atoms with Crippen molar-refractivity contribution in [2.75, 3.05) is 13.1 Å². The second-order valence-corrected chi connectivity index (χ2v) is 8.56. The summed E-state index contributed by atoms with van der Waals surface area (Å²) >= 11 is -0.230. The van der Waals surface area contributed by atoms with Gasteiger partial charge in [0.05, 0.1) is 0 Å². The largest absolute Gasteiger partial charge is 0.446 e. The lowest BCUT2D eigenvalue weighted by molar-refractivity contribution is -0.0328. The molecule has 2 amide bonds. The molecule has 2 aliphatic rings. The Kier molecular flexibility index (Phi) is 4.74. The topological polar surface area (TPSA) is 53.5 Å². The number of alkyl halides is 3. The molecule has 1 aromatic heterocycles. The Labute approximate surface area is 185 Å². The van der Waals surface area contributed by atoms with E-state index in [4.69, 9.17) is 0 Å². The molecule has 3 heterocycles. The molecule has 5 rings (SSSR count). The molecule has 162 valence electrons. The maximum absolute atomic E-state index is 13.6. The average Bonchev–Trinajstić information content (AvgIpc) is 3.29. The lowest BCUT2D eigenvalue weighted by Crippen LogP contribution is -2.51. The maximum Gasteiger partial charge on any atom is 0.446 e. The third kappa shape index (κ3) is 3.07. The zero-order chi connectivity index (χ0) is 22.5. The number of pyridine rings is 1. The molecule has 5 nitrogen and oxygen atoms in total. The minimum atomic E-state index is -4.40. The fraction of sp³-hybridized carbons (Fsp3) is 0.174. The first kappa shape index (κ1) is 20.6. The molecular weight excluding hydrogens is 439 g/mol. The van der Waals surface area contributed by atoms with Crippen molar-refractivity contribution >= 4 is 23.6 Å². The summed E-state index contributed by atoms with van der Waals surface area (Å²) in [5.74, 6) is -0.624. The predicted molar refractivity (Wildman–Crippen MR) is 112 cm³/mol. The fourth-order valence-electron chi connectivity index (χ4n) is 4.53. The molecule has 2 aliphatic heterocycles. The van der Waals surface area contributed by atoms with Crippen LogP contribution in [0.5, 0.6) is 0 Å². The lowest BCUT2D eigenvalue weighted by atomic mass is 9.91. The molecule has 0 aliphatic carbocycles. The molecule has 9 heteroatoms. The highest BCUT2D eigenvalue weighted by molar-refractivity contribution is 8.00. The summed E-state index contributed by atoms with van der Waals surface area (Å²) in [5.41, 5.74) is -3.65. The monoisotopic (exact) mass is 455 g/mol. The van der Waals surface area contributed by atoms with Gasteiger partial charge in [-0.05, 0) is 42.1 Å². The van der Waals surface area contributed by atoms with Crippen molar-refractivity contribution < 1.29 is 22.8 Å². The Bertz CT molecular complexity index is 1200. The number of carbonyl (C=O) groups is 2. The minimum Gasteiger partial charge on any atom is -0.306 e. The van der Waals surface area contributed by atoms with E-state index in [1.807, 2.05) is 30.3 Å². The number of fused-ring (bicyclic) bond motifs is 3. The van der Waals surface area contributed by atoms with E-state index >= 15 is 0 Å². The van der Waals surface area contributed by atoms with Crippen molar-refractivity contribution in [3.8, 4) is 0 Å². The van der Waals surface area contributed by atoms with E-state index in [1.165, 1.54) is 24.3 Å². The van der Waals surface area contributed by atoms with E-state index in [9.17, 15) is 22.8 Å². The standard InChI is InChI=1S/C23H16F3N3O2S/c24-23(25,26)32-17-10-8-15(9-11-17)20(30)28-13-14-29-21(31)19-18(7-4-12-27-19)22(28,29)16-5-2-1-3-6-16/h1-12H,13-14H2. The molecule has 1 saturated heterocycles. The molecule has 0 saturated carbocycles. The summed E-state index contributed by atoms with van der Waals surface area (Å²) in [4.78, 5) is 34.3. The van der Waals surface area contributed by atoms with Gasteiger partial charge in [-0.25, -0.2) is 0 Å². The number of rotatable bonds is 3. The van der Waals surface area contributed by atoms with Gasteiger partial charge >= 0.3 is 5.51 Å². The summed E-state index contributed by atoms with van der Waals surface area (Å²) < 4.78 is 38.0. The van der Waals surface area contributed by atoms with Crippen LogP contribution in [0.3, 0.4) is 0 Å². The van der Waals surface area contributed by atoms with E-state index in [0.29, 0.717) is 17.8 Å². The predicted octanol–water partition coefficient (Wildman–Crippen LogP) is 4.51. The molecular formula is C23H16F3N3O2S. The lowest BCUT2D eigenvalue weighted by Gasteiger charge is -2.40. The highest BCUT2D eigenvalue weighted by Gasteiger charge is 2.60. The van der Waals surface area contributed by atoms with Crippen LogP contribution in [0, 0.1) is 0 Å². The van der Waals surface area contributed by atoms with Gasteiger partial charge in [0.2, 0.25) is 0 Å². The maximum atomic E-state index is 13.6. The number of thioether (sulfide) groups is 1. The zero-order valence-corrected chi connectivity index (χ0v) is 17.4. The molecule has 0 radical (unpaired) electrons. The van der Waals surface area contributed by atoms with Crippen LogP contribution in [-0.2, 0) is 5.66 Å². The van der Waals surface area contributed by atoms with E-state index in [1.54, 1.807) is 28.1 Å². The number of halogens is 3. The molecule has 1 unspecified atom stereocenters. The first-order chi connectivity index (χ1) is 15.3. The highest BCUT2D eigenvalue weighted by Crippen LogP contribution is 2.49.